The average Bonchev–Trinajstić information content (AvgIpc) is 2.91. The van der Waals surface area contributed by atoms with E-state index in [1.165, 1.54) is 12.5 Å². The summed E-state index contributed by atoms with van der Waals surface area (Å²) < 4.78 is 13.6. The van der Waals surface area contributed by atoms with Crippen molar-refractivity contribution in [2.75, 3.05) is 31.1 Å². The topological polar surface area (TPSA) is 28.2 Å². The zero-order valence-corrected chi connectivity index (χ0v) is 9.25. The third-order valence-electron chi connectivity index (χ3n) is 3.81. The van der Waals surface area contributed by atoms with E-state index in [9.17, 15) is 4.39 Å². The van der Waals surface area contributed by atoms with E-state index in [1.54, 1.807) is 12.3 Å². The fourth-order valence-corrected chi connectivity index (χ4v) is 2.87. The van der Waals surface area contributed by atoms with E-state index in [2.05, 4.69) is 15.2 Å². The van der Waals surface area contributed by atoms with Gasteiger partial charge in [-0.05, 0) is 31.5 Å². The van der Waals surface area contributed by atoms with Crippen LogP contribution >= 0.6 is 0 Å². The zero-order chi connectivity index (χ0) is 11.0. The normalized spacial score (nSPS) is 29.2. The summed E-state index contributed by atoms with van der Waals surface area (Å²) in [5.41, 5.74) is 0.365. The third kappa shape index (κ3) is 1.57. The number of aromatic nitrogens is 1. The highest BCUT2D eigenvalue weighted by molar-refractivity contribution is 5.41. The first-order chi connectivity index (χ1) is 7.79. The lowest BCUT2D eigenvalue weighted by Crippen LogP contribution is -2.29. The summed E-state index contributed by atoms with van der Waals surface area (Å²) in [7, 11) is 0. The van der Waals surface area contributed by atoms with Gasteiger partial charge in [-0.25, -0.2) is 9.37 Å². The van der Waals surface area contributed by atoms with Gasteiger partial charge in [0.15, 0.2) is 11.6 Å². The standard InChI is InChI=1S/C12H16FN3/c13-10-2-1-5-15-11(10)16-7-4-12(9-16)3-6-14-8-12/h1-2,5,14H,3-4,6-9H2. The van der Waals surface area contributed by atoms with Gasteiger partial charge < -0.3 is 10.2 Å². The molecule has 2 aliphatic rings. The van der Waals surface area contributed by atoms with Crippen molar-refractivity contribution in [1.82, 2.24) is 10.3 Å². The number of rotatable bonds is 1. The van der Waals surface area contributed by atoms with Gasteiger partial charge in [0, 0.05) is 31.2 Å². The minimum Gasteiger partial charge on any atom is -0.354 e. The van der Waals surface area contributed by atoms with Gasteiger partial charge in [-0.15, -0.1) is 0 Å². The Bertz CT molecular complexity index is 388. The number of halogens is 1. The Labute approximate surface area is 94.7 Å². The number of hydrogen-bond acceptors (Lipinski definition) is 3. The van der Waals surface area contributed by atoms with Gasteiger partial charge >= 0.3 is 0 Å². The maximum absolute atomic E-state index is 13.6. The number of nitrogens with zero attached hydrogens (tertiary/aromatic N) is 2. The van der Waals surface area contributed by atoms with E-state index in [0.29, 0.717) is 11.2 Å². The summed E-state index contributed by atoms with van der Waals surface area (Å²) in [6.45, 7) is 4.03. The van der Waals surface area contributed by atoms with Crippen molar-refractivity contribution in [2.45, 2.75) is 12.8 Å². The van der Waals surface area contributed by atoms with Crippen LogP contribution in [0.15, 0.2) is 18.3 Å². The van der Waals surface area contributed by atoms with E-state index in [1.807, 2.05) is 0 Å². The van der Waals surface area contributed by atoms with Crippen LogP contribution in [-0.2, 0) is 0 Å². The van der Waals surface area contributed by atoms with Crippen LogP contribution < -0.4 is 10.2 Å². The van der Waals surface area contributed by atoms with Crippen molar-refractivity contribution >= 4 is 5.82 Å². The average molecular weight is 221 g/mol. The molecule has 16 heavy (non-hydrogen) atoms. The molecule has 0 amide bonds. The van der Waals surface area contributed by atoms with Crippen LogP contribution in [0.3, 0.4) is 0 Å². The minimum absolute atomic E-state index is 0.203. The van der Waals surface area contributed by atoms with Crippen molar-refractivity contribution in [2.24, 2.45) is 5.41 Å². The lowest BCUT2D eigenvalue weighted by Gasteiger charge is -2.23. The summed E-state index contributed by atoms with van der Waals surface area (Å²) in [6.07, 6.45) is 4.02. The summed E-state index contributed by atoms with van der Waals surface area (Å²) in [4.78, 5) is 6.23. The lowest BCUT2D eigenvalue weighted by molar-refractivity contribution is 0.369. The van der Waals surface area contributed by atoms with Crippen LogP contribution in [0.25, 0.3) is 0 Å². The SMILES string of the molecule is Fc1cccnc1N1CCC2(CCNC2)C1. The van der Waals surface area contributed by atoms with Gasteiger partial charge in [0.05, 0.1) is 0 Å². The van der Waals surface area contributed by atoms with Gasteiger partial charge in [0.2, 0.25) is 0 Å². The van der Waals surface area contributed by atoms with Crippen LogP contribution in [0.4, 0.5) is 10.2 Å². The molecule has 0 radical (unpaired) electrons. The predicted molar refractivity (Wildman–Crippen MR) is 60.9 cm³/mol. The molecule has 2 saturated heterocycles. The molecule has 1 aromatic rings. The Balaban J connectivity index is 1.81. The number of nitrogens with one attached hydrogen (secondary N) is 1. The first kappa shape index (κ1) is 10.0. The highest BCUT2D eigenvalue weighted by atomic mass is 19.1. The molecule has 3 rings (SSSR count). The molecular formula is C12H16FN3. The van der Waals surface area contributed by atoms with Crippen LogP contribution in [0.5, 0.6) is 0 Å². The molecule has 2 aliphatic heterocycles. The van der Waals surface area contributed by atoms with E-state index >= 15 is 0 Å². The van der Waals surface area contributed by atoms with E-state index in [0.717, 1.165) is 32.6 Å². The van der Waals surface area contributed by atoms with E-state index in [4.69, 9.17) is 0 Å². The molecule has 0 aliphatic carbocycles. The molecule has 2 fully saturated rings. The van der Waals surface area contributed by atoms with Crippen molar-refractivity contribution in [3.8, 4) is 0 Å². The monoisotopic (exact) mass is 221 g/mol. The molecule has 1 aromatic heterocycles. The van der Waals surface area contributed by atoms with Crippen LogP contribution in [-0.4, -0.2) is 31.2 Å². The molecule has 86 valence electrons. The van der Waals surface area contributed by atoms with Crippen molar-refractivity contribution in [3.05, 3.63) is 24.1 Å². The second kappa shape index (κ2) is 3.70. The summed E-state index contributed by atoms with van der Waals surface area (Å²) in [5.74, 6) is 0.316. The summed E-state index contributed by atoms with van der Waals surface area (Å²) in [6, 6.07) is 3.13. The molecule has 0 aromatic carbocycles. The maximum Gasteiger partial charge on any atom is 0.165 e. The van der Waals surface area contributed by atoms with Gasteiger partial charge in [0.25, 0.3) is 0 Å². The Morgan fingerprint density at radius 3 is 3.12 bits per heavy atom. The number of anilines is 1. The number of pyridine rings is 1. The first-order valence-corrected chi connectivity index (χ1v) is 5.85. The predicted octanol–water partition coefficient (Wildman–Crippen LogP) is 1.41. The molecule has 1 N–H and O–H groups in total. The van der Waals surface area contributed by atoms with Gasteiger partial charge in [-0.3, -0.25) is 0 Å². The molecule has 4 heteroatoms. The second-order valence-electron chi connectivity index (χ2n) is 4.91. The molecule has 0 bridgehead atoms. The number of hydrogen-bond donors (Lipinski definition) is 1. The first-order valence-electron chi connectivity index (χ1n) is 5.85. The Hall–Kier alpha value is -1.16. The molecule has 0 saturated carbocycles. The maximum atomic E-state index is 13.6. The largest absolute Gasteiger partial charge is 0.354 e. The van der Waals surface area contributed by atoms with Crippen molar-refractivity contribution in [1.29, 1.82) is 0 Å². The Morgan fingerprint density at radius 2 is 2.38 bits per heavy atom. The zero-order valence-electron chi connectivity index (χ0n) is 9.25. The minimum atomic E-state index is -0.203. The van der Waals surface area contributed by atoms with Gasteiger partial charge in [-0.1, -0.05) is 0 Å². The summed E-state index contributed by atoms with van der Waals surface area (Å²) in [5, 5.41) is 3.40. The molecule has 3 nitrogen and oxygen atoms in total. The molecule has 3 heterocycles. The van der Waals surface area contributed by atoms with Gasteiger partial charge in [0.1, 0.15) is 0 Å². The fourth-order valence-electron chi connectivity index (χ4n) is 2.87. The lowest BCUT2D eigenvalue weighted by atomic mass is 9.87. The van der Waals surface area contributed by atoms with Crippen LogP contribution in [0, 0.1) is 11.2 Å². The quantitative estimate of drug-likeness (QED) is 0.777. The van der Waals surface area contributed by atoms with E-state index in [-0.39, 0.29) is 5.82 Å². The molecular weight excluding hydrogens is 205 g/mol. The molecule has 1 atom stereocenters. The summed E-state index contributed by atoms with van der Waals surface area (Å²) >= 11 is 0. The molecule has 1 spiro atoms. The van der Waals surface area contributed by atoms with E-state index < -0.39 is 0 Å². The highest BCUT2D eigenvalue weighted by Gasteiger charge is 2.41. The smallest absolute Gasteiger partial charge is 0.165 e. The van der Waals surface area contributed by atoms with Crippen LogP contribution in [0.1, 0.15) is 12.8 Å². The molecule has 1 unspecified atom stereocenters. The highest BCUT2D eigenvalue weighted by Crippen LogP contribution is 2.37. The van der Waals surface area contributed by atoms with Crippen molar-refractivity contribution < 1.29 is 4.39 Å². The second-order valence-corrected chi connectivity index (χ2v) is 4.91. The third-order valence-corrected chi connectivity index (χ3v) is 3.81. The van der Waals surface area contributed by atoms with Gasteiger partial charge in [-0.2, -0.15) is 0 Å². The van der Waals surface area contributed by atoms with Crippen LogP contribution in [0.2, 0.25) is 0 Å². The Kier molecular flexibility index (Phi) is 2.32. The van der Waals surface area contributed by atoms with Crippen molar-refractivity contribution in [3.63, 3.8) is 0 Å². The fraction of sp³-hybridized carbons (Fsp3) is 0.583. The Morgan fingerprint density at radius 1 is 1.44 bits per heavy atom.